The molecule has 2 N–H and O–H groups in total. The Morgan fingerprint density at radius 1 is 1.27 bits per heavy atom. The van der Waals surface area contributed by atoms with Crippen molar-refractivity contribution in [3.8, 4) is 5.69 Å². The number of nitrogens with one attached hydrogen (secondary N) is 2. The van der Waals surface area contributed by atoms with Crippen LogP contribution in [0.3, 0.4) is 0 Å². The molecule has 2 heterocycles. The van der Waals surface area contributed by atoms with E-state index < -0.39 is 11.8 Å². The summed E-state index contributed by atoms with van der Waals surface area (Å²) in [6, 6.07) is 5.33. The number of aryl methyl sites for hydroxylation is 1. The highest BCUT2D eigenvalue weighted by Crippen LogP contribution is 2.21. The normalized spacial score (nSPS) is 10.5. The maximum absolute atomic E-state index is 13.5. The van der Waals surface area contributed by atoms with Crippen LogP contribution in [0.2, 0.25) is 0 Å². The lowest BCUT2D eigenvalue weighted by Gasteiger charge is -2.11. The van der Waals surface area contributed by atoms with Crippen LogP contribution in [0.25, 0.3) is 5.69 Å². The molecule has 22 heavy (non-hydrogen) atoms. The lowest BCUT2D eigenvalue weighted by Crippen LogP contribution is -2.20. The SMILES string of the molecule is Cn1cc(NC(=O)Nc2cc(F)ccc2-n2cccn2)cn1. The Morgan fingerprint density at radius 2 is 2.14 bits per heavy atom. The molecule has 0 saturated heterocycles. The molecule has 3 aromatic rings. The van der Waals surface area contributed by atoms with Crippen LogP contribution in [-0.2, 0) is 7.05 Å². The average Bonchev–Trinajstić information content (AvgIpc) is 3.11. The minimum absolute atomic E-state index is 0.310. The van der Waals surface area contributed by atoms with Crippen molar-refractivity contribution in [1.82, 2.24) is 19.6 Å². The van der Waals surface area contributed by atoms with Gasteiger partial charge in [-0.25, -0.2) is 13.9 Å². The van der Waals surface area contributed by atoms with Gasteiger partial charge in [0.2, 0.25) is 0 Å². The Bertz CT molecular complexity index is 796. The summed E-state index contributed by atoms with van der Waals surface area (Å²) in [7, 11) is 1.74. The summed E-state index contributed by atoms with van der Waals surface area (Å²) in [6.07, 6.45) is 6.47. The van der Waals surface area contributed by atoms with Gasteiger partial charge >= 0.3 is 6.03 Å². The number of carbonyl (C=O) groups is 1. The fourth-order valence-corrected chi connectivity index (χ4v) is 1.99. The van der Waals surface area contributed by atoms with Gasteiger partial charge in [-0.15, -0.1) is 0 Å². The Kier molecular flexibility index (Phi) is 3.57. The molecule has 7 nitrogen and oxygen atoms in total. The standard InChI is InChI=1S/C14H13FN6O/c1-20-9-11(8-17-20)18-14(22)19-12-7-10(15)3-4-13(12)21-6-2-5-16-21/h2-9H,1H3,(H2,18,19,22). The Labute approximate surface area is 125 Å². The minimum Gasteiger partial charge on any atom is -0.306 e. The van der Waals surface area contributed by atoms with E-state index >= 15 is 0 Å². The van der Waals surface area contributed by atoms with Gasteiger partial charge in [0.25, 0.3) is 0 Å². The summed E-state index contributed by atoms with van der Waals surface area (Å²) in [5.74, 6) is -0.451. The Hall–Kier alpha value is -3.16. The first-order chi connectivity index (χ1) is 10.6. The predicted octanol–water partition coefficient (Wildman–Crippen LogP) is 2.39. The third kappa shape index (κ3) is 2.95. The molecule has 112 valence electrons. The zero-order valence-electron chi connectivity index (χ0n) is 11.7. The molecule has 0 saturated carbocycles. The van der Waals surface area contributed by atoms with Gasteiger partial charge in [0.15, 0.2) is 0 Å². The number of urea groups is 1. The van der Waals surface area contributed by atoms with Gasteiger partial charge in [-0.1, -0.05) is 0 Å². The fourth-order valence-electron chi connectivity index (χ4n) is 1.99. The molecular formula is C14H13FN6O. The first-order valence-corrected chi connectivity index (χ1v) is 6.48. The van der Waals surface area contributed by atoms with Gasteiger partial charge in [0, 0.05) is 25.6 Å². The van der Waals surface area contributed by atoms with Crippen LogP contribution in [-0.4, -0.2) is 25.6 Å². The predicted molar refractivity (Wildman–Crippen MR) is 79.4 cm³/mol. The lowest BCUT2D eigenvalue weighted by atomic mass is 10.2. The van der Waals surface area contributed by atoms with Crippen molar-refractivity contribution in [2.24, 2.45) is 7.05 Å². The quantitative estimate of drug-likeness (QED) is 0.779. The second-order valence-electron chi connectivity index (χ2n) is 4.59. The van der Waals surface area contributed by atoms with Crippen molar-refractivity contribution < 1.29 is 9.18 Å². The van der Waals surface area contributed by atoms with E-state index in [-0.39, 0.29) is 0 Å². The first-order valence-electron chi connectivity index (χ1n) is 6.48. The van der Waals surface area contributed by atoms with Gasteiger partial charge in [-0.05, 0) is 24.3 Å². The van der Waals surface area contributed by atoms with Crippen LogP contribution < -0.4 is 10.6 Å². The van der Waals surface area contributed by atoms with Crippen molar-refractivity contribution in [1.29, 1.82) is 0 Å². The highest BCUT2D eigenvalue weighted by Gasteiger charge is 2.11. The molecule has 2 amide bonds. The Balaban J connectivity index is 1.82. The second kappa shape index (κ2) is 5.68. The van der Waals surface area contributed by atoms with Crippen molar-refractivity contribution in [3.63, 3.8) is 0 Å². The average molecular weight is 300 g/mol. The van der Waals surface area contributed by atoms with E-state index in [2.05, 4.69) is 20.8 Å². The molecule has 1 aromatic carbocycles. The molecule has 0 aliphatic heterocycles. The molecule has 0 atom stereocenters. The molecule has 0 aliphatic rings. The van der Waals surface area contributed by atoms with Crippen LogP contribution in [0.15, 0.2) is 49.1 Å². The summed E-state index contributed by atoms with van der Waals surface area (Å²) in [5.41, 5.74) is 1.41. The topological polar surface area (TPSA) is 76.8 Å². The maximum atomic E-state index is 13.5. The number of amides is 2. The molecule has 0 spiro atoms. The van der Waals surface area contributed by atoms with Crippen molar-refractivity contribution in [2.75, 3.05) is 10.6 Å². The maximum Gasteiger partial charge on any atom is 0.323 e. The van der Waals surface area contributed by atoms with E-state index in [1.165, 1.54) is 18.3 Å². The number of anilines is 2. The van der Waals surface area contributed by atoms with Crippen molar-refractivity contribution >= 4 is 17.4 Å². The third-order valence-corrected chi connectivity index (χ3v) is 2.92. The number of nitrogens with zero attached hydrogens (tertiary/aromatic N) is 4. The van der Waals surface area contributed by atoms with E-state index in [1.807, 2.05) is 0 Å². The third-order valence-electron chi connectivity index (χ3n) is 2.92. The smallest absolute Gasteiger partial charge is 0.306 e. The van der Waals surface area contributed by atoms with Crippen LogP contribution in [0.1, 0.15) is 0 Å². The van der Waals surface area contributed by atoms with E-state index in [9.17, 15) is 9.18 Å². The molecular weight excluding hydrogens is 287 g/mol. The molecule has 0 radical (unpaired) electrons. The lowest BCUT2D eigenvalue weighted by molar-refractivity contribution is 0.262. The van der Waals surface area contributed by atoms with Gasteiger partial charge in [0.05, 0.1) is 23.3 Å². The molecule has 0 aliphatic carbocycles. The van der Waals surface area contributed by atoms with E-state index in [1.54, 1.807) is 47.1 Å². The van der Waals surface area contributed by atoms with Gasteiger partial charge in [0.1, 0.15) is 5.82 Å². The molecule has 2 aromatic heterocycles. The number of hydrogen-bond donors (Lipinski definition) is 2. The second-order valence-corrected chi connectivity index (χ2v) is 4.59. The summed E-state index contributed by atoms with van der Waals surface area (Å²) < 4.78 is 16.6. The van der Waals surface area contributed by atoms with E-state index in [0.29, 0.717) is 17.1 Å². The van der Waals surface area contributed by atoms with E-state index in [0.717, 1.165) is 0 Å². The summed E-state index contributed by atoms with van der Waals surface area (Å²) in [5, 5.41) is 13.3. The number of benzene rings is 1. The molecule has 8 heteroatoms. The molecule has 0 fully saturated rings. The van der Waals surface area contributed by atoms with Crippen LogP contribution >= 0.6 is 0 Å². The summed E-state index contributed by atoms with van der Waals surface area (Å²) >= 11 is 0. The molecule has 0 bridgehead atoms. The van der Waals surface area contributed by atoms with Gasteiger partial charge in [-0.2, -0.15) is 10.2 Å². The largest absolute Gasteiger partial charge is 0.323 e. The minimum atomic E-state index is -0.494. The number of rotatable bonds is 3. The molecule has 0 unspecified atom stereocenters. The number of carbonyl (C=O) groups excluding carboxylic acids is 1. The summed E-state index contributed by atoms with van der Waals surface area (Å²) in [4.78, 5) is 12.0. The monoisotopic (exact) mass is 300 g/mol. The van der Waals surface area contributed by atoms with Gasteiger partial charge < -0.3 is 10.6 Å². The van der Waals surface area contributed by atoms with Crippen LogP contribution in [0.4, 0.5) is 20.6 Å². The zero-order chi connectivity index (χ0) is 15.5. The number of halogens is 1. The van der Waals surface area contributed by atoms with Crippen molar-refractivity contribution in [2.45, 2.75) is 0 Å². The first kappa shape index (κ1) is 13.8. The number of aromatic nitrogens is 4. The van der Waals surface area contributed by atoms with Crippen LogP contribution in [0, 0.1) is 5.82 Å². The highest BCUT2D eigenvalue weighted by molar-refractivity contribution is 6.00. The fraction of sp³-hybridized carbons (Fsp3) is 0.0714. The van der Waals surface area contributed by atoms with Gasteiger partial charge in [-0.3, -0.25) is 4.68 Å². The zero-order valence-corrected chi connectivity index (χ0v) is 11.7. The molecule has 3 rings (SSSR count). The van der Waals surface area contributed by atoms with Crippen molar-refractivity contribution in [3.05, 3.63) is 54.9 Å². The van der Waals surface area contributed by atoms with E-state index in [4.69, 9.17) is 0 Å². The summed E-state index contributed by atoms with van der Waals surface area (Å²) in [6.45, 7) is 0. The van der Waals surface area contributed by atoms with Crippen LogP contribution in [0.5, 0.6) is 0 Å². The highest BCUT2D eigenvalue weighted by atomic mass is 19.1. The number of hydrogen-bond acceptors (Lipinski definition) is 3. The Morgan fingerprint density at radius 3 is 2.82 bits per heavy atom.